The molecule has 2 aliphatic rings. The van der Waals surface area contributed by atoms with E-state index < -0.39 is 63.8 Å². The van der Waals surface area contributed by atoms with Crippen molar-refractivity contribution >= 4 is 27.7 Å². The summed E-state index contributed by atoms with van der Waals surface area (Å²) in [4.78, 5) is 31.7. The minimum Gasteiger partial charge on any atom is -0.377 e. The van der Waals surface area contributed by atoms with Crippen LogP contribution < -0.4 is 10.2 Å². The van der Waals surface area contributed by atoms with E-state index in [-0.39, 0.29) is 56.0 Å². The van der Waals surface area contributed by atoms with Gasteiger partial charge in [-0.25, -0.2) is 8.78 Å². The molecule has 1 aliphatic carbocycles. The standard InChI is InChI=1S/C26H28F7N5O3S/c1-17-8-11-35-14-21(17)23(24(39)36-18-6-9-26(27,28)10-7-18)38(25(40)22-15-41-13-12-37(22)16-34)19-2-4-20(5-3-19)42(29,30,31,32)33/h2-5,8,11,14,18,22-23H,6-7,9-10,12-13,15H2,1H3,(H,36,39)/t22-,23?/m1/s1. The molecule has 0 bridgehead atoms. The number of rotatable bonds is 7. The Morgan fingerprint density at radius 1 is 1.14 bits per heavy atom. The van der Waals surface area contributed by atoms with Crippen LogP contribution >= 0.6 is 10.2 Å². The van der Waals surface area contributed by atoms with Gasteiger partial charge in [0.1, 0.15) is 17.0 Å². The lowest BCUT2D eigenvalue weighted by Gasteiger charge is -2.41. The van der Waals surface area contributed by atoms with Gasteiger partial charge in [0.25, 0.3) is 5.91 Å². The fraction of sp³-hybridized carbons (Fsp3) is 0.462. The minimum absolute atomic E-state index is 0.00295. The topological polar surface area (TPSA) is 98.6 Å². The van der Waals surface area contributed by atoms with Crippen molar-refractivity contribution in [2.24, 2.45) is 0 Å². The molecule has 4 rings (SSSR count). The number of aromatic nitrogens is 1. The average molecular weight is 624 g/mol. The van der Waals surface area contributed by atoms with Crippen LogP contribution in [0.1, 0.15) is 42.9 Å². The largest absolute Gasteiger partial charge is 0.377 e. The van der Waals surface area contributed by atoms with E-state index in [1.807, 2.05) is 6.19 Å². The molecule has 1 N–H and O–H groups in total. The minimum atomic E-state index is -10.1. The Bertz CT molecular complexity index is 1380. The van der Waals surface area contributed by atoms with E-state index >= 15 is 0 Å². The lowest BCUT2D eigenvalue weighted by Crippen LogP contribution is -2.56. The van der Waals surface area contributed by atoms with Gasteiger partial charge in [-0.05, 0) is 55.7 Å². The number of pyridine rings is 1. The third kappa shape index (κ3) is 7.06. The Morgan fingerprint density at radius 3 is 2.36 bits per heavy atom. The van der Waals surface area contributed by atoms with Gasteiger partial charge in [-0.15, -0.1) is 0 Å². The van der Waals surface area contributed by atoms with Gasteiger partial charge >= 0.3 is 10.2 Å². The fourth-order valence-corrected chi connectivity index (χ4v) is 5.63. The molecule has 0 radical (unpaired) electrons. The smallest absolute Gasteiger partial charge is 0.310 e. The quantitative estimate of drug-likeness (QED) is 0.300. The predicted molar refractivity (Wildman–Crippen MR) is 139 cm³/mol. The molecular formula is C26H28F7N5O3S. The second kappa shape index (κ2) is 10.6. The van der Waals surface area contributed by atoms with Crippen LogP contribution in [-0.4, -0.2) is 59.5 Å². The monoisotopic (exact) mass is 623 g/mol. The number of nitriles is 1. The number of hydrogen-bond donors (Lipinski definition) is 1. The van der Waals surface area contributed by atoms with Gasteiger partial charge in [-0.1, -0.05) is 19.4 Å². The number of anilines is 1. The van der Waals surface area contributed by atoms with E-state index in [4.69, 9.17) is 4.74 Å². The first-order chi connectivity index (χ1) is 19.4. The second-order valence-corrected chi connectivity index (χ2v) is 12.7. The van der Waals surface area contributed by atoms with Crippen molar-refractivity contribution in [2.75, 3.05) is 24.7 Å². The van der Waals surface area contributed by atoms with Crippen molar-refractivity contribution in [3.8, 4) is 6.19 Å². The molecule has 1 aromatic carbocycles. The highest BCUT2D eigenvalue weighted by molar-refractivity contribution is 8.45. The number of nitrogens with zero attached hydrogens (tertiary/aromatic N) is 4. The predicted octanol–water partition coefficient (Wildman–Crippen LogP) is 6.00. The summed E-state index contributed by atoms with van der Waals surface area (Å²) in [5.41, 5.74) is 0.230. The van der Waals surface area contributed by atoms with Crippen LogP contribution in [0.4, 0.5) is 33.9 Å². The Balaban J connectivity index is 1.83. The Labute approximate surface area is 237 Å². The molecule has 2 aromatic rings. The third-order valence-electron chi connectivity index (χ3n) is 7.28. The number of halogens is 7. The molecule has 0 spiro atoms. The third-order valence-corrected chi connectivity index (χ3v) is 8.45. The second-order valence-electron chi connectivity index (χ2n) is 10.3. The molecule has 230 valence electrons. The van der Waals surface area contributed by atoms with Crippen molar-refractivity contribution in [2.45, 2.75) is 61.6 Å². The van der Waals surface area contributed by atoms with Crippen LogP contribution in [0.2, 0.25) is 0 Å². The van der Waals surface area contributed by atoms with Gasteiger partial charge in [0, 0.05) is 42.5 Å². The highest BCUT2D eigenvalue weighted by Gasteiger charge is 2.65. The summed E-state index contributed by atoms with van der Waals surface area (Å²) in [6, 6.07) is -0.603. The van der Waals surface area contributed by atoms with Gasteiger partial charge in [0.2, 0.25) is 11.8 Å². The lowest BCUT2D eigenvalue weighted by molar-refractivity contribution is -0.132. The summed E-state index contributed by atoms with van der Waals surface area (Å²) in [6.45, 7) is 1.39. The van der Waals surface area contributed by atoms with Gasteiger partial charge in [0.05, 0.1) is 19.8 Å². The van der Waals surface area contributed by atoms with Crippen LogP contribution in [0.3, 0.4) is 0 Å². The molecule has 2 fully saturated rings. The van der Waals surface area contributed by atoms with Gasteiger partial charge in [-0.3, -0.25) is 24.4 Å². The first kappa shape index (κ1) is 31.4. The normalized spacial score (nSPS) is 21.8. The SMILES string of the molecule is Cc1ccncc1C(C(=O)NC1CCC(F)(F)CC1)N(C(=O)[C@H]1COCCN1C#N)c1ccc(S(F)(F)(F)(F)F)cc1. The van der Waals surface area contributed by atoms with E-state index in [1.165, 1.54) is 18.5 Å². The number of alkyl halides is 2. The number of carbonyl (C=O) groups is 2. The van der Waals surface area contributed by atoms with E-state index in [1.54, 1.807) is 6.92 Å². The number of morpholine rings is 1. The van der Waals surface area contributed by atoms with E-state index in [0.717, 1.165) is 9.80 Å². The Kier molecular flexibility index (Phi) is 7.92. The summed E-state index contributed by atoms with van der Waals surface area (Å²) in [7, 11) is -10.1. The van der Waals surface area contributed by atoms with Crippen LogP contribution in [0.5, 0.6) is 0 Å². The number of nitrogens with one attached hydrogen (secondary N) is 1. The lowest BCUT2D eigenvalue weighted by atomic mass is 9.91. The molecule has 8 nitrogen and oxygen atoms in total. The zero-order chi connectivity index (χ0) is 31.0. The summed E-state index contributed by atoms with van der Waals surface area (Å²) in [6.07, 6.45) is 3.42. The maximum absolute atomic E-state index is 14.1. The van der Waals surface area contributed by atoms with Crippen molar-refractivity contribution < 1.29 is 42.5 Å². The number of benzene rings is 1. The highest BCUT2D eigenvalue weighted by atomic mass is 32.5. The molecular weight excluding hydrogens is 595 g/mol. The van der Waals surface area contributed by atoms with Gasteiger partial charge in [-0.2, -0.15) is 5.26 Å². The van der Waals surface area contributed by atoms with Crippen molar-refractivity contribution in [1.82, 2.24) is 15.2 Å². The maximum Gasteiger partial charge on any atom is 0.310 e. The van der Waals surface area contributed by atoms with Crippen LogP contribution in [0.15, 0.2) is 47.6 Å². The highest BCUT2D eigenvalue weighted by Crippen LogP contribution is 3.02. The molecule has 1 aromatic heterocycles. The summed E-state index contributed by atoms with van der Waals surface area (Å²) in [5.74, 6) is -4.68. The number of hydrogen-bond acceptors (Lipinski definition) is 6. The van der Waals surface area contributed by atoms with Crippen molar-refractivity contribution in [1.29, 1.82) is 5.26 Å². The van der Waals surface area contributed by atoms with Crippen LogP contribution in [0, 0.1) is 18.4 Å². The number of amides is 2. The van der Waals surface area contributed by atoms with E-state index in [2.05, 4.69) is 10.3 Å². The zero-order valence-corrected chi connectivity index (χ0v) is 23.1. The number of ether oxygens (including phenoxy) is 1. The molecule has 1 unspecified atom stereocenters. The average Bonchev–Trinajstić information content (AvgIpc) is 2.92. The van der Waals surface area contributed by atoms with Gasteiger partial charge < -0.3 is 10.1 Å². The molecule has 16 heteroatoms. The molecule has 2 atom stereocenters. The molecule has 1 aliphatic heterocycles. The van der Waals surface area contributed by atoms with Crippen molar-refractivity contribution in [3.63, 3.8) is 0 Å². The van der Waals surface area contributed by atoms with E-state index in [9.17, 15) is 43.1 Å². The number of aryl methyl sites for hydroxylation is 1. The maximum atomic E-state index is 14.1. The molecule has 1 saturated carbocycles. The molecule has 42 heavy (non-hydrogen) atoms. The summed E-state index contributed by atoms with van der Waals surface area (Å²) < 4.78 is 100. The summed E-state index contributed by atoms with van der Waals surface area (Å²) >= 11 is 0. The number of carbonyl (C=O) groups excluding carboxylic acids is 2. The summed E-state index contributed by atoms with van der Waals surface area (Å²) in [5, 5.41) is 12.3. The zero-order valence-electron chi connectivity index (χ0n) is 22.3. The first-order valence-electron chi connectivity index (χ1n) is 12.9. The van der Waals surface area contributed by atoms with Crippen molar-refractivity contribution in [3.05, 3.63) is 53.9 Å². The molecule has 2 amide bonds. The van der Waals surface area contributed by atoms with Gasteiger partial charge in [0.15, 0.2) is 6.19 Å². The Morgan fingerprint density at radius 2 is 1.79 bits per heavy atom. The Hall–Kier alpha value is -3.58. The van der Waals surface area contributed by atoms with Crippen LogP contribution in [-0.2, 0) is 14.3 Å². The molecule has 2 heterocycles. The van der Waals surface area contributed by atoms with E-state index in [0.29, 0.717) is 17.7 Å². The first-order valence-corrected chi connectivity index (χ1v) is 14.9. The molecule has 1 saturated heterocycles. The fourth-order valence-electron chi connectivity index (χ4n) is 4.98. The van der Waals surface area contributed by atoms with Crippen LogP contribution in [0.25, 0.3) is 0 Å².